The van der Waals surface area contributed by atoms with Gasteiger partial charge in [0.25, 0.3) is 11.8 Å². The molecule has 0 aromatic heterocycles. The maximum atomic E-state index is 12.6. The first kappa shape index (κ1) is 17.6. The number of carbonyl (C=O) groups is 3. The molecule has 5 rings (SSSR count). The fourth-order valence-corrected chi connectivity index (χ4v) is 3.65. The minimum atomic E-state index is -0.360. The van der Waals surface area contributed by atoms with E-state index in [1.165, 1.54) is 4.90 Å². The van der Waals surface area contributed by atoms with Crippen molar-refractivity contribution in [2.75, 3.05) is 20.0 Å². The molecule has 2 heterocycles. The molecular formula is C21H19NO5. The summed E-state index contributed by atoms with van der Waals surface area (Å²) >= 11 is 0. The van der Waals surface area contributed by atoms with Crippen LogP contribution in [0, 0.1) is 0 Å². The third-order valence-corrected chi connectivity index (χ3v) is 4.94. The van der Waals surface area contributed by atoms with Crippen molar-refractivity contribution < 1.29 is 23.9 Å². The van der Waals surface area contributed by atoms with Crippen molar-refractivity contribution in [3.05, 3.63) is 70.8 Å². The average molecular weight is 365 g/mol. The van der Waals surface area contributed by atoms with Crippen LogP contribution in [0.1, 0.15) is 55.5 Å². The van der Waals surface area contributed by atoms with E-state index in [0.717, 1.165) is 18.8 Å². The number of carbonyl (C=O) groups excluding carboxylic acids is 3. The molecule has 0 spiro atoms. The van der Waals surface area contributed by atoms with E-state index < -0.39 is 0 Å². The van der Waals surface area contributed by atoms with Gasteiger partial charge in [-0.2, -0.15) is 0 Å². The fraction of sp³-hybridized carbons (Fsp3) is 0.286. The molecule has 0 N–H and O–H groups in total. The largest absolute Gasteiger partial charge is 0.353 e. The number of rotatable bonds is 1. The molecule has 1 fully saturated rings. The molecule has 27 heavy (non-hydrogen) atoms. The van der Waals surface area contributed by atoms with Crippen LogP contribution in [0.25, 0.3) is 0 Å². The highest BCUT2D eigenvalue weighted by atomic mass is 16.7. The maximum absolute atomic E-state index is 12.6. The number of ketones is 1. The van der Waals surface area contributed by atoms with Crippen LogP contribution in [0.3, 0.4) is 0 Å². The molecule has 1 saturated heterocycles. The van der Waals surface area contributed by atoms with Gasteiger partial charge in [-0.15, -0.1) is 0 Å². The minimum Gasteiger partial charge on any atom is -0.353 e. The second kappa shape index (κ2) is 7.42. The summed E-state index contributed by atoms with van der Waals surface area (Å²) in [6.45, 7) is 2.06. The van der Waals surface area contributed by atoms with Crippen molar-refractivity contribution in [3.63, 3.8) is 0 Å². The summed E-state index contributed by atoms with van der Waals surface area (Å²) in [5, 5.41) is 0. The molecule has 1 atom stereocenters. The third-order valence-electron chi connectivity index (χ3n) is 4.94. The topological polar surface area (TPSA) is 72.9 Å². The van der Waals surface area contributed by atoms with Gasteiger partial charge >= 0.3 is 0 Å². The van der Waals surface area contributed by atoms with E-state index in [9.17, 15) is 14.4 Å². The maximum Gasteiger partial charge on any atom is 0.262 e. The number of hydrogen-bond donors (Lipinski definition) is 0. The first-order valence-electron chi connectivity index (χ1n) is 8.93. The van der Waals surface area contributed by atoms with Crippen molar-refractivity contribution in [2.24, 2.45) is 0 Å². The lowest BCUT2D eigenvalue weighted by Crippen LogP contribution is -2.36. The molecule has 1 aliphatic carbocycles. The summed E-state index contributed by atoms with van der Waals surface area (Å²) in [5.74, 6) is -0.465. The molecule has 2 amide bonds. The van der Waals surface area contributed by atoms with Crippen LogP contribution in [0.2, 0.25) is 0 Å². The van der Waals surface area contributed by atoms with Gasteiger partial charge in [0.15, 0.2) is 5.78 Å². The van der Waals surface area contributed by atoms with E-state index >= 15 is 0 Å². The summed E-state index contributed by atoms with van der Waals surface area (Å²) < 4.78 is 9.44. The summed E-state index contributed by atoms with van der Waals surface area (Å²) in [5.41, 5.74) is 2.28. The Balaban J connectivity index is 0.000000314. The minimum absolute atomic E-state index is 0.0726. The molecule has 138 valence electrons. The van der Waals surface area contributed by atoms with Gasteiger partial charge in [-0.05, 0) is 24.1 Å². The molecule has 0 saturated carbocycles. The van der Waals surface area contributed by atoms with Crippen LogP contribution in [0.4, 0.5) is 0 Å². The molecule has 2 aliphatic heterocycles. The van der Waals surface area contributed by atoms with Crippen molar-refractivity contribution in [1.82, 2.24) is 4.90 Å². The van der Waals surface area contributed by atoms with Crippen LogP contribution in [0.5, 0.6) is 0 Å². The predicted octanol–water partition coefficient (Wildman–Crippen LogP) is 2.99. The number of hydrogen-bond acceptors (Lipinski definition) is 5. The van der Waals surface area contributed by atoms with Crippen molar-refractivity contribution in [1.29, 1.82) is 0 Å². The number of Topliss-reactive ketones (excluding diaryl/α,β-unsaturated/α-hetero) is 1. The van der Waals surface area contributed by atoms with Crippen LogP contribution in [-0.4, -0.2) is 42.5 Å². The Labute approximate surface area is 156 Å². The summed E-state index contributed by atoms with van der Waals surface area (Å²) in [7, 11) is 0. The van der Waals surface area contributed by atoms with Crippen LogP contribution in [0.15, 0.2) is 48.5 Å². The molecule has 0 unspecified atom stereocenters. The van der Waals surface area contributed by atoms with Gasteiger partial charge in [-0.3, -0.25) is 19.3 Å². The van der Waals surface area contributed by atoms with Gasteiger partial charge in [0.05, 0.1) is 30.4 Å². The summed E-state index contributed by atoms with van der Waals surface area (Å²) in [4.78, 5) is 38.6. The number of nitrogens with zero attached hydrogens (tertiary/aromatic N) is 1. The van der Waals surface area contributed by atoms with Gasteiger partial charge in [0.2, 0.25) is 0 Å². The van der Waals surface area contributed by atoms with Crippen molar-refractivity contribution in [3.8, 4) is 0 Å². The van der Waals surface area contributed by atoms with E-state index in [0.29, 0.717) is 36.3 Å². The second-order valence-electron chi connectivity index (χ2n) is 6.53. The zero-order valence-electron chi connectivity index (χ0n) is 14.7. The molecule has 3 aliphatic rings. The number of amides is 2. The molecule has 0 bridgehead atoms. The quantitative estimate of drug-likeness (QED) is 0.727. The average Bonchev–Trinajstić information content (AvgIpc) is 3.36. The lowest BCUT2D eigenvalue weighted by molar-refractivity contribution is 0.0557. The second-order valence-corrected chi connectivity index (χ2v) is 6.53. The Morgan fingerprint density at radius 2 is 1.33 bits per heavy atom. The van der Waals surface area contributed by atoms with E-state index in [2.05, 4.69) is 0 Å². The molecular weight excluding hydrogens is 346 g/mol. The fourth-order valence-electron chi connectivity index (χ4n) is 3.65. The number of imide groups is 1. The van der Waals surface area contributed by atoms with E-state index in [1.807, 2.05) is 18.2 Å². The Morgan fingerprint density at radius 3 is 1.89 bits per heavy atom. The van der Waals surface area contributed by atoms with E-state index in [1.54, 1.807) is 30.3 Å². The molecule has 2 aromatic carbocycles. The smallest absolute Gasteiger partial charge is 0.262 e. The van der Waals surface area contributed by atoms with Gasteiger partial charge in [0, 0.05) is 12.0 Å². The van der Waals surface area contributed by atoms with Gasteiger partial charge in [-0.25, -0.2) is 0 Å². The molecule has 6 nitrogen and oxygen atoms in total. The zero-order chi connectivity index (χ0) is 18.8. The Kier molecular flexibility index (Phi) is 4.83. The Hall–Kier alpha value is -2.83. The Bertz CT molecular complexity index is 860. The lowest BCUT2D eigenvalue weighted by atomic mass is 9.86. The normalized spacial score (nSPS) is 20.8. The van der Waals surface area contributed by atoms with Crippen molar-refractivity contribution in [2.45, 2.75) is 18.9 Å². The lowest BCUT2D eigenvalue weighted by Gasteiger charge is -2.31. The van der Waals surface area contributed by atoms with E-state index in [-0.39, 0.29) is 23.6 Å². The SMILES string of the molecule is C1COCO1.O=C1CC[C@@H](N2C(=O)c3ccccc3C2=O)c2ccccc21. The highest BCUT2D eigenvalue weighted by Gasteiger charge is 2.42. The first-order chi connectivity index (χ1) is 13.2. The zero-order valence-corrected chi connectivity index (χ0v) is 14.7. The summed E-state index contributed by atoms with van der Waals surface area (Å²) in [6.07, 6.45) is 0.844. The number of ether oxygens (including phenoxy) is 2. The third kappa shape index (κ3) is 3.18. The van der Waals surface area contributed by atoms with Gasteiger partial charge in [-0.1, -0.05) is 36.4 Å². The highest BCUT2D eigenvalue weighted by molar-refractivity contribution is 6.21. The van der Waals surface area contributed by atoms with Gasteiger partial charge in [0.1, 0.15) is 6.79 Å². The molecule has 6 heteroatoms. The number of fused-ring (bicyclic) bond motifs is 2. The Morgan fingerprint density at radius 1 is 0.778 bits per heavy atom. The summed E-state index contributed by atoms with van der Waals surface area (Å²) in [6, 6.07) is 13.7. The number of benzene rings is 2. The highest BCUT2D eigenvalue weighted by Crippen LogP contribution is 2.38. The monoisotopic (exact) mass is 365 g/mol. The van der Waals surface area contributed by atoms with E-state index in [4.69, 9.17) is 9.47 Å². The van der Waals surface area contributed by atoms with Crippen LogP contribution < -0.4 is 0 Å². The standard InChI is InChI=1S/C18H13NO3.C3H6O2/c20-16-10-9-15(11-5-1-2-6-12(11)16)19-17(21)13-7-3-4-8-14(13)18(19)22;1-2-5-3-4-1/h1-8,15H,9-10H2;1-3H2/t15-;/m1./s1. The molecule has 2 aromatic rings. The van der Waals surface area contributed by atoms with Crippen LogP contribution >= 0.6 is 0 Å². The first-order valence-corrected chi connectivity index (χ1v) is 8.93. The predicted molar refractivity (Wildman–Crippen MR) is 96.5 cm³/mol. The van der Waals surface area contributed by atoms with Gasteiger partial charge < -0.3 is 9.47 Å². The molecule has 0 radical (unpaired) electrons. The van der Waals surface area contributed by atoms with Crippen molar-refractivity contribution >= 4 is 17.6 Å². The van der Waals surface area contributed by atoms with Crippen LogP contribution in [-0.2, 0) is 9.47 Å².